The Hall–Kier alpha value is -1.06. The third-order valence-corrected chi connectivity index (χ3v) is 4.45. The molecular formula is C15H18ClNO2. The summed E-state index contributed by atoms with van der Waals surface area (Å²) in [7, 11) is 0. The van der Waals surface area contributed by atoms with Crippen LogP contribution in [0.5, 0.6) is 0 Å². The summed E-state index contributed by atoms with van der Waals surface area (Å²) in [5.41, 5.74) is 2.87. The maximum Gasteiger partial charge on any atom is 0.251 e. The second-order valence-corrected chi connectivity index (χ2v) is 5.70. The van der Waals surface area contributed by atoms with Crippen LogP contribution in [-0.4, -0.2) is 25.2 Å². The van der Waals surface area contributed by atoms with Crippen LogP contribution >= 0.6 is 11.6 Å². The number of ether oxygens (including phenoxy) is 1. The number of carbonyl (C=O) groups excluding carboxylic acids is 1. The molecule has 3 rings (SSSR count). The van der Waals surface area contributed by atoms with E-state index in [4.69, 9.17) is 16.3 Å². The monoisotopic (exact) mass is 279 g/mol. The number of carbonyl (C=O) groups is 1. The van der Waals surface area contributed by atoms with Gasteiger partial charge >= 0.3 is 0 Å². The van der Waals surface area contributed by atoms with Gasteiger partial charge in [-0.1, -0.05) is 12.1 Å². The minimum Gasteiger partial charge on any atom is -0.376 e. The van der Waals surface area contributed by atoms with E-state index < -0.39 is 0 Å². The number of alkyl halides is 1. The van der Waals surface area contributed by atoms with Crippen molar-refractivity contribution in [2.75, 3.05) is 13.2 Å². The van der Waals surface area contributed by atoms with Crippen molar-refractivity contribution in [1.29, 1.82) is 0 Å². The SMILES string of the molecule is O=C1NCCc2ccc(C(Cl)C3CCCCO3)cc21. The lowest BCUT2D eigenvalue weighted by Gasteiger charge is -2.27. The standard InChI is InChI=1S/C15H18ClNO2/c16-14(13-3-1-2-8-19-13)11-5-4-10-6-7-17-15(18)12(10)9-11/h4-5,9,13-14H,1-3,6-8H2,(H,17,18). The largest absolute Gasteiger partial charge is 0.376 e. The first-order valence-electron chi connectivity index (χ1n) is 6.92. The lowest BCUT2D eigenvalue weighted by molar-refractivity contribution is 0.0135. The zero-order valence-corrected chi connectivity index (χ0v) is 11.6. The van der Waals surface area contributed by atoms with E-state index >= 15 is 0 Å². The third-order valence-electron chi connectivity index (χ3n) is 3.92. The summed E-state index contributed by atoms with van der Waals surface area (Å²) in [4.78, 5) is 11.9. The smallest absolute Gasteiger partial charge is 0.251 e. The molecule has 0 aromatic heterocycles. The summed E-state index contributed by atoms with van der Waals surface area (Å²) in [5.74, 6) is 0.0107. The van der Waals surface area contributed by atoms with Crippen LogP contribution in [-0.2, 0) is 11.2 Å². The second-order valence-electron chi connectivity index (χ2n) is 5.23. The summed E-state index contributed by atoms with van der Waals surface area (Å²) in [6.07, 6.45) is 4.25. The number of fused-ring (bicyclic) bond motifs is 1. The highest BCUT2D eigenvalue weighted by Crippen LogP contribution is 2.33. The molecule has 2 unspecified atom stereocenters. The van der Waals surface area contributed by atoms with E-state index in [-0.39, 0.29) is 17.4 Å². The van der Waals surface area contributed by atoms with Crippen LogP contribution in [0.2, 0.25) is 0 Å². The van der Waals surface area contributed by atoms with Crippen LogP contribution < -0.4 is 5.32 Å². The molecule has 1 fully saturated rings. The molecule has 4 heteroatoms. The van der Waals surface area contributed by atoms with Gasteiger partial charge in [-0.25, -0.2) is 0 Å². The zero-order chi connectivity index (χ0) is 13.2. The molecule has 2 aliphatic heterocycles. The molecule has 102 valence electrons. The Kier molecular flexibility index (Phi) is 3.76. The fourth-order valence-corrected chi connectivity index (χ4v) is 3.15. The summed E-state index contributed by atoms with van der Waals surface area (Å²) in [5, 5.41) is 2.70. The van der Waals surface area contributed by atoms with Gasteiger partial charge in [0.2, 0.25) is 0 Å². The molecule has 1 aromatic carbocycles. The number of amides is 1. The van der Waals surface area contributed by atoms with Crippen molar-refractivity contribution in [2.24, 2.45) is 0 Å². The van der Waals surface area contributed by atoms with Gasteiger partial charge in [-0.2, -0.15) is 0 Å². The van der Waals surface area contributed by atoms with Gasteiger partial charge < -0.3 is 10.1 Å². The topological polar surface area (TPSA) is 38.3 Å². The number of nitrogens with one attached hydrogen (secondary N) is 1. The number of halogens is 1. The van der Waals surface area contributed by atoms with E-state index in [1.807, 2.05) is 18.2 Å². The van der Waals surface area contributed by atoms with Crippen molar-refractivity contribution >= 4 is 17.5 Å². The fraction of sp³-hybridized carbons (Fsp3) is 0.533. The molecule has 0 radical (unpaired) electrons. The molecule has 1 N–H and O–H groups in total. The Morgan fingerprint density at radius 2 is 2.26 bits per heavy atom. The van der Waals surface area contributed by atoms with Crippen molar-refractivity contribution in [3.8, 4) is 0 Å². The predicted molar refractivity (Wildman–Crippen MR) is 74.7 cm³/mol. The number of hydrogen-bond donors (Lipinski definition) is 1. The van der Waals surface area contributed by atoms with Gasteiger partial charge in [0, 0.05) is 18.7 Å². The highest BCUT2D eigenvalue weighted by molar-refractivity contribution is 6.21. The fourth-order valence-electron chi connectivity index (χ4n) is 2.81. The number of benzene rings is 1. The minimum absolute atomic E-state index is 0.0107. The van der Waals surface area contributed by atoms with E-state index in [0.717, 1.165) is 49.1 Å². The van der Waals surface area contributed by atoms with E-state index in [1.54, 1.807) is 0 Å². The van der Waals surface area contributed by atoms with Gasteiger partial charge in [0.1, 0.15) is 0 Å². The lowest BCUT2D eigenvalue weighted by Crippen LogP contribution is -2.32. The van der Waals surface area contributed by atoms with Crippen molar-refractivity contribution in [2.45, 2.75) is 37.2 Å². The van der Waals surface area contributed by atoms with Gasteiger partial charge in [0.05, 0.1) is 11.5 Å². The third kappa shape index (κ3) is 2.63. The quantitative estimate of drug-likeness (QED) is 0.846. The number of hydrogen-bond acceptors (Lipinski definition) is 2. The van der Waals surface area contributed by atoms with Crippen LogP contribution in [0.4, 0.5) is 0 Å². The summed E-state index contributed by atoms with van der Waals surface area (Å²) in [6.45, 7) is 1.51. The average molecular weight is 280 g/mol. The average Bonchev–Trinajstić information content (AvgIpc) is 2.47. The Morgan fingerprint density at radius 1 is 1.37 bits per heavy atom. The van der Waals surface area contributed by atoms with Crippen molar-refractivity contribution < 1.29 is 9.53 Å². The molecule has 0 saturated carbocycles. The van der Waals surface area contributed by atoms with E-state index in [0.29, 0.717) is 0 Å². The molecule has 2 heterocycles. The summed E-state index contributed by atoms with van der Waals surface area (Å²) >= 11 is 6.52. The maximum atomic E-state index is 11.9. The maximum absolute atomic E-state index is 11.9. The van der Waals surface area contributed by atoms with E-state index in [2.05, 4.69) is 5.32 Å². The predicted octanol–water partition coefficient (Wildman–Crippen LogP) is 2.82. The molecule has 2 atom stereocenters. The highest BCUT2D eigenvalue weighted by atomic mass is 35.5. The first-order valence-corrected chi connectivity index (χ1v) is 7.36. The molecule has 19 heavy (non-hydrogen) atoms. The van der Waals surface area contributed by atoms with Crippen molar-refractivity contribution in [3.63, 3.8) is 0 Å². The van der Waals surface area contributed by atoms with Crippen LogP contribution in [0.3, 0.4) is 0 Å². The minimum atomic E-state index is -0.166. The molecule has 0 bridgehead atoms. The molecule has 1 aromatic rings. The van der Waals surface area contributed by atoms with Crippen molar-refractivity contribution in [1.82, 2.24) is 5.32 Å². The molecule has 1 amide bonds. The molecular weight excluding hydrogens is 262 g/mol. The Morgan fingerprint density at radius 3 is 3.05 bits per heavy atom. The van der Waals surface area contributed by atoms with Gasteiger partial charge in [-0.3, -0.25) is 4.79 Å². The first-order chi connectivity index (χ1) is 9.25. The molecule has 1 saturated heterocycles. The van der Waals surface area contributed by atoms with E-state index in [1.165, 1.54) is 6.42 Å². The lowest BCUT2D eigenvalue weighted by atomic mass is 9.94. The first kappa shape index (κ1) is 12.9. The second kappa shape index (κ2) is 5.51. The van der Waals surface area contributed by atoms with Crippen LogP contribution in [0.1, 0.15) is 46.1 Å². The Balaban J connectivity index is 1.84. The van der Waals surface area contributed by atoms with Gasteiger partial charge in [-0.05, 0) is 42.9 Å². The molecule has 0 aliphatic carbocycles. The molecule has 3 nitrogen and oxygen atoms in total. The van der Waals surface area contributed by atoms with Gasteiger partial charge in [0.25, 0.3) is 5.91 Å². The zero-order valence-electron chi connectivity index (χ0n) is 10.8. The Bertz CT molecular complexity index is 483. The molecule has 0 spiro atoms. The summed E-state index contributed by atoms with van der Waals surface area (Å²) in [6, 6.07) is 5.99. The van der Waals surface area contributed by atoms with Crippen LogP contribution in [0.25, 0.3) is 0 Å². The molecule has 2 aliphatic rings. The normalized spacial score (nSPS) is 24.5. The van der Waals surface area contributed by atoms with E-state index in [9.17, 15) is 4.79 Å². The van der Waals surface area contributed by atoms with Crippen LogP contribution in [0.15, 0.2) is 18.2 Å². The van der Waals surface area contributed by atoms with Gasteiger partial charge in [-0.15, -0.1) is 11.6 Å². The van der Waals surface area contributed by atoms with Crippen molar-refractivity contribution in [3.05, 3.63) is 34.9 Å². The highest BCUT2D eigenvalue weighted by Gasteiger charge is 2.26. The van der Waals surface area contributed by atoms with Gasteiger partial charge in [0.15, 0.2) is 0 Å². The summed E-state index contributed by atoms with van der Waals surface area (Å²) < 4.78 is 5.73. The van der Waals surface area contributed by atoms with Crippen LogP contribution in [0, 0.1) is 0 Å². The number of rotatable bonds is 2. The Labute approximate surface area is 118 Å².